The number of amides is 2. The van der Waals surface area contributed by atoms with Crippen LogP contribution in [0.4, 0.5) is 11.6 Å². The highest BCUT2D eigenvalue weighted by molar-refractivity contribution is 7.90. The van der Waals surface area contributed by atoms with Gasteiger partial charge in [-0.3, -0.25) is 9.59 Å². The van der Waals surface area contributed by atoms with E-state index in [-0.39, 0.29) is 37.0 Å². The Labute approximate surface area is 502 Å². The molecule has 2 amide bonds. The fourth-order valence-corrected chi connectivity index (χ4v) is 13.0. The number of carbonyl (C=O) groups is 2. The van der Waals surface area contributed by atoms with E-state index in [0.29, 0.717) is 89.4 Å². The number of carbonyl (C=O) groups excluding carboxylic acids is 2. The second kappa shape index (κ2) is 26.1. The average Bonchev–Trinajstić information content (AvgIpc) is 4.04. The van der Waals surface area contributed by atoms with Gasteiger partial charge in [-0.1, -0.05) is 63.0 Å². The van der Waals surface area contributed by atoms with Crippen LogP contribution in [0.1, 0.15) is 152 Å². The summed E-state index contributed by atoms with van der Waals surface area (Å²) in [6.07, 6.45) is 19.3. The van der Waals surface area contributed by atoms with Gasteiger partial charge in [-0.2, -0.15) is 16.8 Å². The van der Waals surface area contributed by atoms with Gasteiger partial charge >= 0.3 is 0 Å². The van der Waals surface area contributed by atoms with Gasteiger partial charge in [-0.15, -0.1) is 10.2 Å². The molecular weight excluding hydrogens is 1150 g/mol. The smallest absolute Gasteiger partial charge is 0.281 e. The van der Waals surface area contributed by atoms with Crippen molar-refractivity contribution in [2.24, 2.45) is 28.1 Å². The van der Waals surface area contributed by atoms with Crippen LogP contribution in [0.5, 0.6) is 11.8 Å². The predicted molar refractivity (Wildman–Crippen MR) is 322 cm³/mol. The number of pyridine rings is 4. The zero-order valence-electron chi connectivity index (χ0n) is 48.6. The molecule has 7 heterocycles. The highest BCUT2D eigenvalue weighted by atomic mass is 35.5. The van der Waals surface area contributed by atoms with E-state index < -0.39 is 31.9 Å². The number of ether oxygens (including phenoxy) is 2. The standard InChI is InChI=1S/C30H39ClN6O4S.C29H38ClN7O4S/c1-29(2)14-10-21(20-29)11-17-32-23-6-4-7-26(33-23)42(39,40)36-28(38)22-8-9-24(34-27(22)31)37-18-12-25(35-37)41-19-5-13-30(3)15-16-30;1-28(2)18-20(19-32-28)10-15-31-22-6-4-7-25(33-22)42(39,40)36-27(38)21-8-9-23(34-26(21)30)37-16-11-24(35-37)41-17-5-12-29(3)13-14-29/h4,6-9,12,18,21H,5,10-11,13-17,19-20H2,1-3H3,(H,32,33)(H,36,38);4,6-9,11,16,20,32H,5,10,12-15,17-19H2,1-3H3,(H,31,33)(H,36,38). The molecule has 5 N–H and O–H groups in total. The number of sulfonamides is 2. The average molecular weight is 1230 g/mol. The Morgan fingerprint density at radius 2 is 1.07 bits per heavy atom. The van der Waals surface area contributed by atoms with Crippen LogP contribution in [0.15, 0.2) is 95.2 Å². The van der Waals surface area contributed by atoms with E-state index in [2.05, 4.69) is 87.6 Å². The summed E-state index contributed by atoms with van der Waals surface area (Å²) in [5.74, 6) is 1.87. The van der Waals surface area contributed by atoms with Gasteiger partial charge in [0.2, 0.25) is 11.8 Å². The number of nitrogens with zero attached hydrogens (tertiary/aromatic N) is 8. The van der Waals surface area contributed by atoms with Gasteiger partial charge in [0.25, 0.3) is 31.9 Å². The van der Waals surface area contributed by atoms with E-state index in [0.717, 1.165) is 51.5 Å². The van der Waals surface area contributed by atoms with E-state index in [1.54, 1.807) is 48.8 Å². The number of rotatable bonds is 26. The third-order valence-corrected chi connectivity index (χ3v) is 19.3. The number of hydrogen-bond acceptors (Lipinski definition) is 17. The fraction of sp³-hybridized carbons (Fsp3) is 0.525. The van der Waals surface area contributed by atoms with Gasteiger partial charge in [0, 0.05) is 43.2 Å². The first-order chi connectivity index (χ1) is 39.8. The van der Waals surface area contributed by atoms with Gasteiger partial charge in [-0.25, -0.2) is 38.7 Å². The number of aromatic nitrogens is 8. The van der Waals surface area contributed by atoms with E-state index in [9.17, 15) is 26.4 Å². The maximum Gasteiger partial charge on any atom is 0.281 e. The van der Waals surface area contributed by atoms with E-state index in [4.69, 9.17) is 32.7 Å². The monoisotopic (exact) mass is 1230 g/mol. The quantitative estimate of drug-likeness (QED) is 0.0249. The highest BCUT2D eigenvalue weighted by Gasteiger charge is 2.37. The Morgan fingerprint density at radius 1 is 0.607 bits per heavy atom. The number of hydrogen-bond donors (Lipinski definition) is 5. The lowest BCUT2D eigenvalue weighted by Gasteiger charge is -2.17. The van der Waals surface area contributed by atoms with Gasteiger partial charge < -0.3 is 25.4 Å². The molecule has 3 saturated carbocycles. The van der Waals surface area contributed by atoms with Crippen molar-refractivity contribution < 1.29 is 35.9 Å². The summed E-state index contributed by atoms with van der Waals surface area (Å²) in [6.45, 7) is 17.0. The van der Waals surface area contributed by atoms with Crippen LogP contribution in [0.3, 0.4) is 0 Å². The molecule has 0 spiro atoms. The lowest BCUT2D eigenvalue weighted by atomic mass is 9.90. The zero-order chi connectivity index (χ0) is 59.9. The molecule has 10 rings (SSSR count). The summed E-state index contributed by atoms with van der Waals surface area (Å²) in [6, 6.07) is 18.6. The normalized spacial score (nSPS) is 18.9. The lowest BCUT2D eigenvalue weighted by Crippen LogP contribution is -2.31. The molecule has 0 radical (unpaired) electrons. The molecule has 6 aromatic heterocycles. The summed E-state index contributed by atoms with van der Waals surface area (Å²) in [7, 11) is -8.51. The molecule has 1 aliphatic heterocycles. The minimum absolute atomic E-state index is 0.0880. The SMILES string of the molecule is CC1(C)CCC(CCNc2cccc(S(=O)(=O)NC(=O)c3ccc(-n4ccc(OCCCC5(C)CC5)n4)nc3Cl)n2)C1.CC1(CCCOc2ccn(-c3ccc(C(=O)NS(=O)(=O)c4cccc(NCCC5CNC(C)(C)C5)n4)c(Cl)n3)n2)CC1. The van der Waals surface area contributed by atoms with E-state index >= 15 is 0 Å². The minimum atomic E-state index is -4.26. The molecule has 2 unspecified atom stereocenters. The van der Waals surface area contributed by atoms with Crippen LogP contribution < -0.4 is 34.9 Å². The highest BCUT2D eigenvalue weighted by Crippen LogP contribution is 2.49. The van der Waals surface area contributed by atoms with E-state index in [1.807, 2.05) is 9.44 Å². The first-order valence-electron chi connectivity index (χ1n) is 28.9. The predicted octanol–water partition coefficient (Wildman–Crippen LogP) is 10.6. The Morgan fingerprint density at radius 3 is 1.48 bits per heavy atom. The van der Waals surface area contributed by atoms with Crippen molar-refractivity contribution in [1.29, 1.82) is 0 Å². The molecule has 0 aromatic carbocycles. The summed E-state index contributed by atoms with van der Waals surface area (Å²) < 4.78 is 70.4. The van der Waals surface area contributed by atoms with Gasteiger partial charge in [0.15, 0.2) is 21.7 Å². The summed E-state index contributed by atoms with van der Waals surface area (Å²) in [5, 5.41) is 17.8. The van der Waals surface area contributed by atoms with Gasteiger partial charge in [0.05, 0.1) is 24.3 Å². The number of anilines is 2. The summed E-state index contributed by atoms with van der Waals surface area (Å²) in [4.78, 5) is 42.7. The van der Waals surface area contributed by atoms with Crippen LogP contribution in [0, 0.1) is 28.1 Å². The maximum atomic E-state index is 13.0. The van der Waals surface area contributed by atoms with Crippen LogP contribution >= 0.6 is 23.2 Å². The molecule has 3 aliphatic carbocycles. The van der Waals surface area contributed by atoms with Gasteiger partial charge in [-0.05, 0) is 187 Å². The summed E-state index contributed by atoms with van der Waals surface area (Å²) >= 11 is 12.6. The van der Waals surface area contributed by atoms with Crippen LogP contribution in [-0.2, 0) is 20.0 Å². The molecule has 2 atom stereocenters. The molecule has 4 aliphatic rings. The van der Waals surface area contributed by atoms with Crippen molar-refractivity contribution in [2.45, 2.75) is 147 Å². The molecule has 452 valence electrons. The van der Waals surface area contributed by atoms with Crippen molar-refractivity contribution in [3.05, 3.63) is 107 Å². The van der Waals surface area contributed by atoms with Gasteiger partial charge in [0.1, 0.15) is 21.9 Å². The largest absolute Gasteiger partial charge is 0.477 e. The fourth-order valence-electron chi connectivity index (χ4n) is 10.7. The van der Waals surface area contributed by atoms with E-state index in [1.165, 1.54) is 90.7 Å². The molecule has 21 nitrogen and oxygen atoms in total. The Hall–Kier alpha value is -6.40. The third kappa shape index (κ3) is 17.4. The minimum Gasteiger partial charge on any atom is -0.477 e. The second-order valence-corrected chi connectivity index (χ2v) is 28.8. The van der Waals surface area contributed by atoms with Crippen molar-refractivity contribution in [1.82, 2.24) is 54.3 Å². The van der Waals surface area contributed by atoms with Crippen LogP contribution in [0.2, 0.25) is 10.3 Å². The molecule has 0 bridgehead atoms. The zero-order valence-corrected chi connectivity index (χ0v) is 51.7. The Bertz CT molecular complexity index is 3300. The number of nitrogens with one attached hydrogen (secondary N) is 5. The first-order valence-corrected chi connectivity index (χ1v) is 32.6. The molecule has 4 fully saturated rings. The summed E-state index contributed by atoms with van der Waals surface area (Å²) in [5.41, 5.74) is 1.32. The lowest BCUT2D eigenvalue weighted by molar-refractivity contribution is 0.0972. The Kier molecular flexibility index (Phi) is 19.3. The second-order valence-electron chi connectivity index (χ2n) is 24.9. The van der Waals surface area contributed by atoms with Crippen LogP contribution in [-0.4, -0.2) is 107 Å². The van der Waals surface area contributed by atoms with Crippen molar-refractivity contribution in [3.8, 4) is 23.4 Å². The van der Waals surface area contributed by atoms with Crippen molar-refractivity contribution in [2.75, 3.05) is 43.5 Å². The molecule has 6 aromatic rings. The molecule has 84 heavy (non-hydrogen) atoms. The topological polar surface area (TPSA) is 268 Å². The van der Waals surface area contributed by atoms with Crippen molar-refractivity contribution in [3.63, 3.8) is 0 Å². The number of halogens is 2. The Balaban J connectivity index is 0.000000202. The van der Waals surface area contributed by atoms with Crippen molar-refractivity contribution >= 4 is 66.7 Å². The molecule has 1 saturated heterocycles. The molecule has 25 heteroatoms. The third-order valence-electron chi connectivity index (χ3n) is 16.2. The first kappa shape index (κ1) is 62.1. The maximum absolute atomic E-state index is 13.0. The van der Waals surface area contributed by atoms with Crippen LogP contribution in [0.25, 0.3) is 11.6 Å². The molecular formula is C59H77Cl2N13O8S2.